The number of pyridine rings is 4. The maximum atomic E-state index is 10.1. The number of methoxy groups -OCH3 is 2. The van der Waals surface area contributed by atoms with E-state index in [1.54, 1.807) is 85.7 Å². The quantitative estimate of drug-likeness (QED) is 0.0850. The molecule has 0 amide bonds. The van der Waals surface area contributed by atoms with Gasteiger partial charge in [-0.3, -0.25) is 9.97 Å². The van der Waals surface area contributed by atoms with Gasteiger partial charge < -0.3 is 33.5 Å². The summed E-state index contributed by atoms with van der Waals surface area (Å²) in [6.07, 6.45) is 12.5. The van der Waals surface area contributed by atoms with Crippen molar-refractivity contribution in [2.24, 2.45) is 0 Å². The Morgan fingerprint density at radius 3 is 1.56 bits per heavy atom. The van der Waals surface area contributed by atoms with Gasteiger partial charge in [-0.25, -0.2) is 9.97 Å². The third-order valence-electron chi connectivity index (χ3n) is 8.02. The van der Waals surface area contributed by atoms with Gasteiger partial charge in [0, 0.05) is 76.9 Å². The maximum absolute atomic E-state index is 10.1. The molecule has 13 nitrogen and oxygen atoms in total. The van der Waals surface area contributed by atoms with Gasteiger partial charge in [-0.2, -0.15) is 10.5 Å². The third-order valence-corrected chi connectivity index (χ3v) is 10.5. The van der Waals surface area contributed by atoms with Gasteiger partial charge in [0.05, 0.1) is 50.7 Å². The molecule has 1 saturated heterocycles. The minimum Gasteiger partial charge on any atom is -0.851 e. The SMILES string of the molecule is C1CCOC1.COc1ncc(CBr)c(Oc2cc(Cl)cc(C#N)c2)c1Br.COc1ncc(COCc2ccncc2)c(Oc2cc(Cl)cc(C#N)c2)c1Br.[Na+].[O-]Cc1ccncc1. The van der Waals surface area contributed by atoms with Crippen LogP contribution in [0.3, 0.4) is 0 Å². The number of benzene rings is 2. The van der Waals surface area contributed by atoms with E-state index in [4.69, 9.17) is 62.1 Å². The molecule has 7 rings (SSSR count). The molecule has 6 aromatic rings. The summed E-state index contributed by atoms with van der Waals surface area (Å²) in [7, 11) is 3.04. The summed E-state index contributed by atoms with van der Waals surface area (Å²) in [5, 5.41) is 29.6. The summed E-state index contributed by atoms with van der Waals surface area (Å²) in [6.45, 7) is 2.53. The molecule has 5 heterocycles. The second kappa shape index (κ2) is 29.5. The molecule has 0 unspecified atom stereocenters. The molecule has 1 aliphatic rings. The molecule has 0 bridgehead atoms. The molecule has 63 heavy (non-hydrogen) atoms. The zero-order valence-electron chi connectivity index (χ0n) is 34.3. The molecule has 2 aromatic carbocycles. The number of rotatable bonds is 12. The van der Waals surface area contributed by atoms with Gasteiger partial charge in [-0.1, -0.05) is 44.7 Å². The molecule has 0 saturated carbocycles. The van der Waals surface area contributed by atoms with Gasteiger partial charge >= 0.3 is 29.6 Å². The second-order valence-corrected chi connectivity index (χ2v) is 15.5. The van der Waals surface area contributed by atoms with Crippen molar-refractivity contribution >= 4 is 71.0 Å². The Balaban J connectivity index is 0.000000262. The van der Waals surface area contributed by atoms with Crippen LogP contribution < -0.4 is 53.6 Å². The van der Waals surface area contributed by atoms with Crippen molar-refractivity contribution in [3.63, 3.8) is 0 Å². The van der Waals surface area contributed by atoms with Crippen LogP contribution in [0, 0.1) is 22.7 Å². The van der Waals surface area contributed by atoms with E-state index < -0.39 is 0 Å². The van der Waals surface area contributed by atoms with Gasteiger partial charge in [-0.05, 0) is 111 Å². The predicted molar refractivity (Wildman–Crippen MR) is 243 cm³/mol. The Kier molecular flexibility index (Phi) is 25.1. The van der Waals surface area contributed by atoms with Crippen LogP contribution in [0.5, 0.6) is 34.8 Å². The van der Waals surface area contributed by atoms with Crippen molar-refractivity contribution in [3.8, 4) is 46.9 Å². The number of nitriles is 2. The molecule has 0 spiro atoms. The Labute approximate surface area is 423 Å². The van der Waals surface area contributed by atoms with E-state index in [0.717, 1.165) is 29.9 Å². The molecule has 0 aliphatic carbocycles. The van der Waals surface area contributed by atoms with E-state index in [0.29, 0.717) is 82.4 Å². The van der Waals surface area contributed by atoms with Crippen molar-refractivity contribution in [3.05, 3.63) is 150 Å². The van der Waals surface area contributed by atoms with Crippen LogP contribution in [0.4, 0.5) is 0 Å². The molecule has 1 aliphatic heterocycles. The van der Waals surface area contributed by atoms with E-state index in [1.165, 1.54) is 27.1 Å². The minimum absolute atomic E-state index is 0. The smallest absolute Gasteiger partial charge is 0.851 e. The van der Waals surface area contributed by atoms with E-state index in [1.807, 2.05) is 18.2 Å². The Hall–Kier alpha value is -3.88. The van der Waals surface area contributed by atoms with Crippen LogP contribution in [-0.2, 0) is 34.6 Å². The number of aromatic nitrogens is 4. The standard InChI is InChI=1S/C20H15BrClN3O3.C14H9Br2ClN2O2.C6H6NO.C4H8O.Na/c1-26-20-18(21)19(28-17-7-14(9-23)6-16(22)8-17)15(10-25-20)12-27-11-13-2-4-24-5-3-13;1-20-14-12(16)13(9(5-15)7-19-14)21-11-3-8(6-18)2-10(17)4-11;8-5-6-1-3-7-4-2-6;1-2-4-5-3-1;/h2-8,10H,11-12H2,1H3;2-4,7H,5H2,1H3;1-4H,5H2;1-4H2;/q;;-1;;+1. The Morgan fingerprint density at radius 1 is 0.698 bits per heavy atom. The first-order chi connectivity index (χ1) is 30.1. The average Bonchev–Trinajstić information content (AvgIpc) is 3.90. The van der Waals surface area contributed by atoms with Crippen LogP contribution in [0.25, 0.3) is 0 Å². The number of hydrogen-bond donors (Lipinski definition) is 0. The fourth-order valence-corrected chi connectivity index (χ4v) is 7.09. The molecule has 322 valence electrons. The number of ether oxygens (including phenoxy) is 6. The van der Waals surface area contributed by atoms with E-state index in [2.05, 4.69) is 73.8 Å². The van der Waals surface area contributed by atoms with Crippen molar-refractivity contribution in [1.29, 1.82) is 10.5 Å². The topological polar surface area (TPSA) is 178 Å². The predicted octanol–water partition coefficient (Wildman–Crippen LogP) is 8.09. The molecular weight excluding hydrogens is 1060 g/mol. The minimum atomic E-state index is -0.150. The third kappa shape index (κ3) is 17.9. The Bertz CT molecular complexity index is 2420. The first-order valence-electron chi connectivity index (χ1n) is 18.4. The summed E-state index contributed by atoms with van der Waals surface area (Å²) >= 11 is 22.3. The zero-order chi connectivity index (χ0) is 44.7. The molecular formula is C44H38Br3Cl2N6NaO7. The van der Waals surface area contributed by atoms with Gasteiger partial charge in [-0.15, -0.1) is 6.61 Å². The normalized spacial score (nSPS) is 11.0. The molecule has 0 N–H and O–H groups in total. The van der Waals surface area contributed by atoms with Gasteiger partial charge in [0.1, 0.15) is 20.4 Å². The van der Waals surface area contributed by atoms with Crippen molar-refractivity contribution in [1.82, 2.24) is 19.9 Å². The molecule has 19 heteroatoms. The largest absolute Gasteiger partial charge is 1.00 e. The van der Waals surface area contributed by atoms with Crippen LogP contribution in [-0.4, -0.2) is 47.4 Å². The summed E-state index contributed by atoms with van der Waals surface area (Å²) in [4.78, 5) is 16.2. The fourth-order valence-electron chi connectivity index (χ4n) is 5.04. The van der Waals surface area contributed by atoms with Gasteiger partial charge in [0.15, 0.2) is 11.5 Å². The molecule has 0 atom stereocenters. The number of nitrogens with zero attached hydrogens (tertiary/aromatic N) is 6. The van der Waals surface area contributed by atoms with Crippen LogP contribution in [0.1, 0.15) is 46.2 Å². The molecule has 4 aromatic heterocycles. The van der Waals surface area contributed by atoms with Crippen molar-refractivity contribution < 1.29 is 63.1 Å². The van der Waals surface area contributed by atoms with Gasteiger partial charge in [0.25, 0.3) is 0 Å². The van der Waals surface area contributed by atoms with Crippen LogP contribution in [0.2, 0.25) is 10.0 Å². The second-order valence-electron chi connectivity index (χ2n) is 12.5. The summed E-state index contributed by atoms with van der Waals surface area (Å²) in [6, 6.07) is 20.9. The first-order valence-corrected chi connectivity index (χ1v) is 21.9. The average molecular weight is 1100 g/mol. The molecule has 1 fully saturated rings. The summed E-state index contributed by atoms with van der Waals surface area (Å²) < 4.78 is 34.2. The Morgan fingerprint density at radius 2 is 1.16 bits per heavy atom. The number of hydrogen-bond acceptors (Lipinski definition) is 13. The van der Waals surface area contributed by atoms with E-state index in [9.17, 15) is 5.11 Å². The summed E-state index contributed by atoms with van der Waals surface area (Å²) in [5.41, 5.74) is 4.16. The number of alkyl halides is 1. The van der Waals surface area contributed by atoms with Crippen molar-refractivity contribution in [2.45, 2.75) is 38.0 Å². The van der Waals surface area contributed by atoms with Crippen LogP contribution >= 0.6 is 71.0 Å². The monoisotopic (exact) mass is 1090 g/mol. The van der Waals surface area contributed by atoms with Crippen LogP contribution in [0.15, 0.2) is 107 Å². The molecule has 0 radical (unpaired) electrons. The number of halogens is 5. The van der Waals surface area contributed by atoms with E-state index in [-0.39, 0.29) is 42.8 Å². The van der Waals surface area contributed by atoms with E-state index >= 15 is 0 Å². The fraction of sp³-hybridized carbons (Fsp3) is 0.227. The van der Waals surface area contributed by atoms with Crippen molar-refractivity contribution in [2.75, 3.05) is 27.4 Å². The first kappa shape index (κ1) is 53.5. The maximum Gasteiger partial charge on any atom is 1.00 e. The zero-order valence-corrected chi connectivity index (χ0v) is 42.6. The summed E-state index contributed by atoms with van der Waals surface area (Å²) in [5.74, 6) is 2.72. The van der Waals surface area contributed by atoms with Gasteiger partial charge in [0.2, 0.25) is 11.8 Å².